The molecule has 2 aromatic heterocycles. The van der Waals surface area contributed by atoms with Crippen LogP contribution in [0.15, 0.2) is 36.4 Å². The number of benzene rings is 1. The van der Waals surface area contributed by atoms with Crippen molar-refractivity contribution in [2.45, 2.75) is 39.2 Å². The van der Waals surface area contributed by atoms with Gasteiger partial charge in [-0.2, -0.15) is 5.10 Å². The fourth-order valence-corrected chi connectivity index (χ4v) is 3.31. The number of aromatic nitrogens is 3. The van der Waals surface area contributed by atoms with Crippen LogP contribution in [-0.4, -0.2) is 39.8 Å². The van der Waals surface area contributed by atoms with Gasteiger partial charge >= 0.3 is 0 Å². The summed E-state index contributed by atoms with van der Waals surface area (Å²) in [5.41, 5.74) is 3.44. The average molecular weight is 380 g/mol. The molecule has 0 bridgehead atoms. The van der Waals surface area contributed by atoms with Crippen LogP contribution in [0.25, 0.3) is 5.65 Å². The highest BCUT2D eigenvalue weighted by molar-refractivity contribution is 6.03. The lowest BCUT2D eigenvalue weighted by atomic mass is 10.1. The van der Waals surface area contributed by atoms with Crippen LogP contribution in [0, 0.1) is 13.8 Å². The number of fused-ring (bicyclic) bond motifs is 1. The molecule has 1 unspecified atom stereocenters. The number of ether oxygens (including phenoxy) is 2. The van der Waals surface area contributed by atoms with Crippen molar-refractivity contribution in [3.8, 4) is 5.75 Å². The average Bonchev–Trinajstić information content (AvgIpc) is 3.09. The number of rotatable bonds is 5. The summed E-state index contributed by atoms with van der Waals surface area (Å²) in [4.78, 5) is 17.0. The van der Waals surface area contributed by atoms with Gasteiger partial charge in [-0.3, -0.25) is 4.79 Å². The monoisotopic (exact) mass is 380 g/mol. The van der Waals surface area contributed by atoms with Gasteiger partial charge < -0.3 is 14.8 Å². The van der Waals surface area contributed by atoms with E-state index in [1.165, 1.54) is 6.42 Å². The first kappa shape index (κ1) is 18.4. The van der Waals surface area contributed by atoms with Crippen LogP contribution in [0.1, 0.15) is 41.1 Å². The topological polar surface area (TPSA) is 77.8 Å². The highest BCUT2D eigenvalue weighted by Gasteiger charge is 2.15. The number of carbonyl (C=O) groups is 1. The highest BCUT2D eigenvalue weighted by atomic mass is 16.5. The first-order chi connectivity index (χ1) is 13.6. The second-order valence-electron chi connectivity index (χ2n) is 7.12. The molecule has 4 rings (SSSR count). The Bertz CT molecular complexity index is 975. The first-order valence-electron chi connectivity index (χ1n) is 9.58. The number of hydrogen-bond donors (Lipinski definition) is 1. The van der Waals surface area contributed by atoms with Crippen molar-refractivity contribution >= 4 is 17.2 Å². The lowest BCUT2D eigenvalue weighted by molar-refractivity contribution is -0.0110. The zero-order chi connectivity index (χ0) is 19.5. The van der Waals surface area contributed by atoms with Gasteiger partial charge in [0.05, 0.1) is 11.8 Å². The largest absolute Gasteiger partial charge is 0.491 e. The van der Waals surface area contributed by atoms with E-state index in [4.69, 9.17) is 9.47 Å². The molecule has 1 aliphatic rings. The summed E-state index contributed by atoms with van der Waals surface area (Å²) in [7, 11) is 0. The number of nitrogens with one attached hydrogen (secondary N) is 1. The molecule has 1 aliphatic heterocycles. The molecule has 1 fully saturated rings. The Morgan fingerprint density at radius 2 is 2.07 bits per heavy atom. The van der Waals surface area contributed by atoms with Gasteiger partial charge in [-0.15, -0.1) is 0 Å². The molecule has 0 aliphatic carbocycles. The molecular formula is C21H24N4O3. The molecule has 1 saturated heterocycles. The maximum absolute atomic E-state index is 12.6. The Balaban J connectivity index is 1.39. The second-order valence-corrected chi connectivity index (χ2v) is 7.12. The van der Waals surface area contributed by atoms with Crippen molar-refractivity contribution in [1.82, 2.24) is 14.6 Å². The summed E-state index contributed by atoms with van der Waals surface area (Å²) in [5.74, 6) is 0.506. The lowest BCUT2D eigenvalue weighted by Crippen LogP contribution is -2.25. The van der Waals surface area contributed by atoms with Gasteiger partial charge in [0.15, 0.2) is 5.65 Å². The van der Waals surface area contributed by atoms with E-state index in [1.54, 1.807) is 10.6 Å². The van der Waals surface area contributed by atoms with Crippen LogP contribution in [0.2, 0.25) is 0 Å². The van der Waals surface area contributed by atoms with E-state index < -0.39 is 0 Å². The van der Waals surface area contributed by atoms with Crippen LogP contribution >= 0.6 is 0 Å². The van der Waals surface area contributed by atoms with Crippen LogP contribution in [0.4, 0.5) is 5.69 Å². The molecule has 0 spiro atoms. The first-order valence-corrected chi connectivity index (χ1v) is 9.58. The van der Waals surface area contributed by atoms with Crippen LogP contribution in [0.5, 0.6) is 5.75 Å². The van der Waals surface area contributed by atoms with E-state index >= 15 is 0 Å². The van der Waals surface area contributed by atoms with E-state index in [1.807, 2.05) is 44.2 Å². The van der Waals surface area contributed by atoms with E-state index in [-0.39, 0.29) is 12.0 Å². The van der Waals surface area contributed by atoms with E-state index in [0.717, 1.165) is 36.6 Å². The molecule has 7 heteroatoms. The normalized spacial score (nSPS) is 16.9. The summed E-state index contributed by atoms with van der Waals surface area (Å²) in [6.07, 6.45) is 3.54. The summed E-state index contributed by atoms with van der Waals surface area (Å²) in [6.45, 7) is 5.18. The maximum Gasteiger partial charge on any atom is 0.274 e. The van der Waals surface area contributed by atoms with E-state index in [2.05, 4.69) is 15.4 Å². The lowest BCUT2D eigenvalue weighted by Gasteiger charge is -2.22. The fraction of sp³-hybridized carbons (Fsp3) is 0.381. The smallest absolute Gasteiger partial charge is 0.274 e. The minimum Gasteiger partial charge on any atom is -0.491 e. The zero-order valence-electron chi connectivity index (χ0n) is 16.1. The quantitative estimate of drug-likeness (QED) is 0.732. The number of aryl methyl sites for hydroxylation is 2. The molecule has 0 saturated carbocycles. The molecule has 3 heterocycles. The van der Waals surface area contributed by atoms with Gasteiger partial charge in [-0.1, -0.05) is 0 Å². The molecule has 1 aromatic carbocycles. The van der Waals surface area contributed by atoms with E-state index in [9.17, 15) is 4.79 Å². The van der Waals surface area contributed by atoms with Crippen molar-refractivity contribution in [2.75, 3.05) is 18.5 Å². The van der Waals surface area contributed by atoms with Gasteiger partial charge in [0.2, 0.25) is 0 Å². The van der Waals surface area contributed by atoms with Gasteiger partial charge in [-0.25, -0.2) is 9.50 Å². The third kappa shape index (κ3) is 4.14. The number of anilines is 1. The Labute approximate surface area is 163 Å². The number of carbonyl (C=O) groups excluding carboxylic acids is 1. The van der Waals surface area contributed by atoms with Crippen molar-refractivity contribution in [3.05, 3.63) is 53.5 Å². The van der Waals surface area contributed by atoms with Crippen LogP contribution in [0.3, 0.4) is 0 Å². The van der Waals surface area contributed by atoms with Gasteiger partial charge in [0, 0.05) is 24.1 Å². The molecule has 146 valence electrons. The summed E-state index contributed by atoms with van der Waals surface area (Å²) >= 11 is 0. The van der Waals surface area contributed by atoms with Crippen LogP contribution < -0.4 is 10.1 Å². The van der Waals surface area contributed by atoms with Gasteiger partial charge in [-0.05, 0) is 63.4 Å². The van der Waals surface area contributed by atoms with Crippen LogP contribution in [-0.2, 0) is 4.74 Å². The van der Waals surface area contributed by atoms with E-state index in [0.29, 0.717) is 23.6 Å². The van der Waals surface area contributed by atoms with Gasteiger partial charge in [0.1, 0.15) is 18.1 Å². The predicted molar refractivity (Wildman–Crippen MR) is 106 cm³/mol. The minimum atomic E-state index is -0.256. The molecule has 7 nitrogen and oxygen atoms in total. The standard InChI is InChI=1S/C21H24N4O3/c1-14-11-20-23-19(12-15(2)25(20)24-14)21(26)22-16-6-8-17(9-7-16)28-13-18-5-3-4-10-27-18/h6-9,11-12,18H,3-5,10,13H2,1-2H3,(H,22,26). The van der Waals surface area contributed by atoms with Crippen molar-refractivity contribution in [1.29, 1.82) is 0 Å². The number of hydrogen-bond acceptors (Lipinski definition) is 5. The molecule has 28 heavy (non-hydrogen) atoms. The van der Waals surface area contributed by atoms with Gasteiger partial charge in [0.25, 0.3) is 5.91 Å². The molecule has 1 N–H and O–H groups in total. The zero-order valence-corrected chi connectivity index (χ0v) is 16.1. The summed E-state index contributed by atoms with van der Waals surface area (Å²) in [6, 6.07) is 10.9. The Morgan fingerprint density at radius 1 is 1.25 bits per heavy atom. The minimum absolute atomic E-state index is 0.171. The summed E-state index contributed by atoms with van der Waals surface area (Å²) < 4.78 is 13.2. The van der Waals surface area contributed by atoms with Crippen molar-refractivity contribution in [2.24, 2.45) is 0 Å². The molecule has 3 aromatic rings. The SMILES string of the molecule is Cc1cc2nc(C(=O)Nc3ccc(OCC4CCCCO4)cc3)cc(C)n2n1. The number of nitrogens with zero attached hydrogens (tertiary/aromatic N) is 3. The maximum atomic E-state index is 12.6. The third-order valence-electron chi connectivity index (χ3n) is 4.78. The number of amides is 1. The molecular weight excluding hydrogens is 356 g/mol. The Hall–Kier alpha value is -2.93. The van der Waals surface area contributed by atoms with Crippen molar-refractivity contribution in [3.63, 3.8) is 0 Å². The fourth-order valence-electron chi connectivity index (χ4n) is 3.31. The second kappa shape index (κ2) is 7.98. The Kier molecular flexibility index (Phi) is 5.25. The Morgan fingerprint density at radius 3 is 2.82 bits per heavy atom. The molecule has 1 amide bonds. The predicted octanol–water partition coefficient (Wildman–Crippen LogP) is 3.55. The molecule has 1 atom stereocenters. The highest BCUT2D eigenvalue weighted by Crippen LogP contribution is 2.19. The van der Waals surface area contributed by atoms with Crippen molar-refractivity contribution < 1.29 is 14.3 Å². The summed E-state index contributed by atoms with van der Waals surface area (Å²) in [5, 5.41) is 7.24. The molecule has 0 radical (unpaired) electrons. The third-order valence-corrected chi connectivity index (χ3v) is 4.78.